The first-order chi connectivity index (χ1) is 11.6. The van der Waals surface area contributed by atoms with Crippen molar-refractivity contribution in [3.63, 3.8) is 0 Å². The van der Waals surface area contributed by atoms with Crippen LogP contribution in [0.25, 0.3) is 10.9 Å². The third-order valence-electron chi connectivity index (χ3n) is 4.85. The van der Waals surface area contributed by atoms with Gasteiger partial charge in [0, 0.05) is 54.1 Å². The Bertz CT molecular complexity index is 914. The van der Waals surface area contributed by atoms with Crippen molar-refractivity contribution in [3.05, 3.63) is 69.8 Å². The summed E-state index contributed by atoms with van der Waals surface area (Å²) in [6, 6.07) is 16.9. The van der Waals surface area contributed by atoms with Gasteiger partial charge in [0.25, 0.3) is 0 Å². The number of para-hydroxylation sites is 1. The van der Waals surface area contributed by atoms with E-state index >= 15 is 0 Å². The zero-order valence-corrected chi connectivity index (χ0v) is 15.2. The number of fused-ring (bicyclic) bond motifs is 3. The van der Waals surface area contributed by atoms with Gasteiger partial charge in [-0.25, -0.2) is 0 Å². The van der Waals surface area contributed by atoms with Crippen LogP contribution in [0.3, 0.4) is 0 Å². The Kier molecular flexibility index (Phi) is 3.93. The van der Waals surface area contributed by atoms with E-state index in [1.54, 1.807) is 6.92 Å². The number of halogens is 1. The van der Waals surface area contributed by atoms with E-state index < -0.39 is 0 Å². The number of rotatable bonds is 2. The van der Waals surface area contributed by atoms with Crippen LogP contribution in [0.5, 0.6) is 0 Å². The van der Waals surface area contributed by atoms with Crippen molar-refractivity contribution in [2.75, 3.05) is 6.54 Å². The Morgan fingerprint density at radius 3 is 2.67 bits per heavy atom. The SMILES string of the molecule is CC(=O)N1CCc2c(c3cccc(Br)c3n2Cc2ccccc2)C1. The van der Waals surface area contributed by atoms with E-state index in [0.717, 1.165) is 24.0 Å². The zero-order chi connectivity index (χ0) is 16.7. The molecule has 2 heterocycles. The standard InChI is InChI=1S/C20H19BrN2O/c1-14(24)22-11-10-19-17(13-22)16-8-5-9-18(21)20(16)23(19)12-15-6-3-2-4-7-15/h2-9H,10-13H2,1H3. The van der Waals surface area contributed by atoms with Crippen LogP contribution >= 0.6 is 15.9 Å². The molecule has 1 aliphatic rings. The van der Waals surface area contributed by atoms with Crippen LogP contribution < -0.4 is 0 Å². The zero-order valence-electron chi connectivity index (χ0n) is 13.6. The van der Waals surface area contributed by atoms with E-state index in [9.17, 15) is 4.79 Å². The van der Waals surface area contributed by atoms with Crippen molar-refractivity contribution >= 4 is 32.7 Å². The number of nitrogens with zero attached hydrogens (tertiary/aromatic N) is 2. The van der Waals surface area contributed by atoms with E-state index in [2.05, 4.69) is 63.0 Å². The highest BCUT2D eigenvalue weighted by Gasteiger charge is 2.25. The van der Waals surface area contributed by atoms with Gasteiger partial charge >= 0.3 is 0 Å². The van der Waals surface area contributed by atoms with E-state index in [-0.39, 0.29) is 5.91 Å². The first-order valence-electron chi connectivity index (χ1n) is 8.23. The molecule has 4 rings (SSSR count). The molecule has 0 bridgehead atoms. The summed E-state index contributed by atoms with van der Waals surface area (Å²) >= 11 is 3.73. The van der Waals surface area contributed by atoms with Gasteiger partial charge in [0.2, 0.25) is 5.91 Å². The molecule has 0 unspecified atom stereocenters. The molecule has 0 aliphatic carbocycles. The molecule has 3 aromatic rings. The number of benzene rings is 2. The van der Waals surface area contributed by atoms with Gasteiger partial charge in [0.1, 0.15) is 0 Å². The molecule has 122 valence electrons. The minimum absolute atomic E-state index is 0.152. The molecule has 4 heteroatoms. The Labute approximate surface area is 150 Å². The van der Waals surface area contributed by atoms with Crippen LogP contribution in [0, 0.1) is 0 Å². The van der Waals surface area contributed by atoms with E-state index in [0.29, 0.717) is 6.54 Å². The van der Waals surface area contributed by atoms with Gasteiger partial charge < -0.3 is 9.47 Å². The van der Waals surface area contributed by atoms with Gasteiger partial charge in [-0.3, -0.25) is 4.79 Å². The highest BCUT2D eigenvalue weighted by Crippen LogP contribution is 2.35. The summed E-state index contributed by atoms with van der Waals surface area (Å²) in [5.41, 5.74) is 5.18. The first kappa shape index (κ1) is 15.5. The normalized spacial score (nSPS) is 14.0. The Morgan fingerprint density at radius 1 is 1.12 bits per heavy atom. The molecule has 1 aliphatic heterocycles. The van der Waals surface area contributed by atoms with Crippen LogP contribution in [-0.2, 0) is 24.3 Å². The lowest BCUT2D eigenvalue weighted by molar-refractivity contribution is -0.129. The number of hydrogen-bond donors (Lipinski definition) is 0. The largest absolute Gasteiger partial charge is 0.339 e. The Morgan fingerprint density at radius 2 is 1.92 bits per heavy atom. The maximum absolute atomic E-state index is 11.8. The molecule has 0 atom stereocenters. The molecule has 0 spiro atoms. The maximum atomic E-state index is 11.8. The average molecular weight is 383 g/mol. The molecule has 0 fully saturated rings. The summed E-state index contributed by atoms with van der Waals surface area (Å²) < 4.78 is 3.53. The fourth-order valence-corrected chi connectivity index (χ4v) is 4.25. The third-order valence-corrected chi connectivity index (χ3v) is 5.49. The topological polar surface area (TPSA) is 25.2 Å². The number of carbonyl (C=O) groups excluding carboxylic acids is 1. The summed E-state index contributed by atoms with van der Waals surface area (Å²) in [6.45, 7) is 4.02. The van der Waals surface area contributed by atoms with E-state index in [1.807, 2.05) is 11.0 Å². The van der Waals surface area contributed by atoms with E-state index in [4.69, 9.17) is 0 Å². The van der Waals surface area contributed by atoms with Gasteiger partial charge in [-0.15, -0.1) is 0 Å². The molecule has 0 radical (unpaired) electrons. The smallest absolute Gasteiger partial charge is 0.219 e. The minimum atomic E-state index is 0.152. The van der Waals surface area contributed by atoms with Gasteiger partial charge in [-0.1, -0.05) is 42.5 Å². The lowest BCUT2D eigenvalue weighted by Crippen LogP contribution is -2.34. The van der Waals surface area contributed by atoms with Crippen molar-refractivity contribution in [3.8, 4) is 0 Å². The number of carbonyl (C=O) groups is 1. The Balaban J connectivity index is 1.89. The van der Waals surface area contributed by atoms with Gasteiger partial charge in [-0.05, 0) is 27.6 Å². The molecule has 0 saturated carbocycles. The van der Waals surface area contributed by atoms with Crippen LogP contribution in [0.15, 0.2) is 53.0 Å². The molecule has 2 aromatic carbocycles. The highest BCUT2D eigenvalue weighted by molar-refractivity contribution is 9.10. The summed E-state index contributed by atoms with van der Waals surface area (Å²) in [4.78, 5) is 13.8. The monoisotopic (exact) mass is 382 g/mol. The number of hydrogen-bond acceptors (Lipinski definition) is 1. The molecule has 1 amide bonds. The highest BCUT2D eigenvalue weighted by atomic mass is 79.9. The van der Waals surface area contributed by atoms with Gasteiger partial charge in [0.15, 0.2) is 0 Å². The molecule has 3 nitrogen and oxygen atoms in total. The molecular formula is C20H19BrN2O. The van der Waals surface area contributed by atoms with Crippen molar-refractivity contribution in [2.45, 2.75) is 26.4 Å². The fraction of sp³-hybridized carbons (Fsp3) is 0.250. The van der Waals surface area contributed by atoms with Crippen molar-refractivity contribution in [1.82, 2.24) is 9.47 Å². The average Bonchev–Trinajstić information content (AvgIpc) is 2.90. The van der Waals surface area contributed by atoms with Crippen LogP contribution in [0.4, 0.5) is 0 Å². The van der Waals surface area contributed by atoms with Gasteiger partial charge in [0.05, 0.1) is 5.52 Å². The molecule has 0 N–H and O–H groups in total. The third kappa shape index (κ3) is 2.55. The number of aromatic nitrogens is 1. The lowest BCUT2D eigenvalue weighted by Gasteiger charge is -2.27. The fourth-order valence-electron chi connectivity index (χ4n) is 3.67. The van der Waals surface area contributed by atoms with Crippen LogP contribution in [0.2, 0.25) is 0 Å². The molecule has 0 saturated heterocycles. The first-order valence-corrected chi connectivity index (χ1v) is 9.02. The summed E-state index contributed by atoms with van der Waals surface area (Å²) in [5, 5.41) is 1.25. The number of amides is 1. The second kappa shape index (κ2) is 6.10. The summed E-state index contributed by atoms with van der Waals surface area (Å²) in [7, 11) is 0. The van der Waals surface area contributed by atoms with Crippen LogP contribution in [-0.4, -0.2) is 21.9 Å². The predicted octanol–water partition coefficient (Wildman–Crippen LogP) is 4.36. The van der Waals surface area contributed by atoms with Crippen molar-refractivity contribution < 1.29 is 4.79 Å². The maximum Gasteiger partial charge on any atom is 0.219 e. The second-order valence-electron chi connectivity index (χ2n) is 6.32. The quantitative estimate of drug-likeness (QED) is 0.646. The van der Waals surface area contributed by atoms with Gasteiger partial charge in [-0.2, -0.15) is 0 Å². The molecule has 1 aromatic heterocycles. The summed E-state index contributed by atoms with van der Waals surface area (Å²) in [6.07, 6.45) is 0.906. The minimum Gasteiger partial charge on any atom is -0.339 e. The van der Waals surface area contributed by atoms with Crippen molar-refractivity contribution in [1.29, 1.82) is 0 Å². The summed E-state index contributed by atoms with van der Waals surface area (Å²) in [5.74, 6) is 0.152. The van der Waals surface area contributed by atoms with Crippen LogP contribution in [0.1, 0.15) is 23.7 Å². The predicted molar refractivity (Wildman–Crippen MR) is 100.0 cm³/mol. The Hall–Kier alpha value is -2.07. The molecule has 24 heavy (non-hydrogen) atoms. The van der Waals surface area contributed by atoms with E-state index in [1.165, 1.54) is 27.7 Å². The molecular weight excluding hydrogens is 364 g/mol. The lowest BCUT2D eigenvalue weighted by atomic mass is 10.0. The second-order valence-corrected chi connectivity index (χ2v) is 7.18. The van der Waals surface area contributed by atoms with Crippen molar-refractivity contribution in [2.24, 2.45) is 0 Å².